The lowest BCUT2D eigenvalue weighted by atomic mass is 10.2. The first-order valence-corrected chi connectivity index (χ1v) is 5.83. The third-order valence-electron chi connectivity index (χ3n) is 2.48. The monoisotopic (exact) mass is 268 g/mol. The van der Waals surface area contributed by atoms with Gasteiger partial charge in [-0.25, -0.2) is 13.5 Å². The zero-order valence-electron chi connectivity index (χ0n) is 9.52. The average molecular weight is 268 g/mol. The second kappa shape index (κ2) is 4.89. The number of rotatable bonds is 2. The van der Waals surface area contributed by atoms with Crippen molar-refractivity contribution in [1.82, 2.24) is 9.78 Å². The number of aromatic nitrogens is 2. The Bertz CT molecular complexity index is 635. The zero-order valence-corrected chi connectivity index (χ0v) is 10.4. The van der Waals surface area contributed by atoms with Crippen LogP contribution in [0.15, 0.2) is 29.1 Å². The minimum absolute atomic E-state index is 0.106. The van der Waals surface area contributed by atoms with Crippen LogP contribution in [-0.4, -0.2) is 9.78 Å². The standard InChI is InChI=1S/C12H10F2N2OS/c1-7-5-11(17)10(6-18)15-16(7)12-8(13)3-2-4-9(12)14/h2-5,18H,6H2,1H3. The van der Waals surface area contributed by atoms with Crippen LogP contribution in [-0.2, 0) is 5.75 Å². The fourth-order valence-corrected chi connectivity index (χ4v) is 1.83. The first-order chi connectivity index (χ1) is 8.54. The summed E-state index contributed by atoms with van der Waals surface area (Å²) in [6.07, 6.45) is 0. The van der Waals surface area contributed by atoms with Crippen LogP contribution in [0.1, 0.15) is 11.4 Å². The van der Waals surface area contributed by atoms with Crippen LogP contribution < -0.4 is 5.43 Å². The van der Waals surface area contributed by atoms with Crippen molar-refractivity contribution in [2.24, 2.45) is 0 Å². The summed E-state index contributed by atoms with van der Waals surface area (Å²) in [5, 5.41) is 3.93. The van der Waals surface area contributed by atoms with Gasteiger partial charge in [0.05, 0.1) is 0 Å². The predicted molar refractivity (Wildman–Crippen MR) is 67.2 cm³/mol. The molecule has 2 aromatic rings. The minimum atomic E-state index is -0.737. The zero-order chi connectivity index (χ0) is 13.3. The van der Waals surface area contributed by atoms with Crippen LogP contribution in [0.2, 0.25) is 0 Å². The highest BCUT2D eigenvalue weighted by atomic mass is 32.1. The predicted octanol–water partition coefficient (Wildman–Crippen LogP) is 2.25. The summed E-state index contributed by atoms with van der Waals surface area (Å²) < 4.78 is 28.4. The van der Waals surface area contributed by atoms with Crippen molar-refractivity contribution in [2.75, 3.05) is 0 Å². The van der Waals surface area contributed by atoms with Gasteiger partial charge in [-0.1, -0.05) is 6.07 Å². The van der Waals surface area contributed by atoms with Crippen molar-refractivity contribution < 1.29 is 8.78 Å². The van der Waals surface area contributed by atoms with Crippen LogP contribution in [0, 0.1) is 18.6 Å². The van der Waals surface area contributed by atoms with Crippen LogP contribution in [0.25, 0.3) is 5.69 Å². The van der Waals surface area contributed by atoms with Crippen LogP contribution in [0.4, 0.5) is 8.78 Å². The molecule has 0 fully saturated rings. The lowest BCUT2D eigenvalue weighted by molar-refractivity contribution is 0.552. The molecule has 0 atom stereocenters. The van der Waals surface area contributed by atoms with Gasteiger partial charge in [0.25, 0.3) is 0 Å². The summed E-state index contributed by atoms with van der Waals surface area (Å²) in [5.41, 5.74) is -0.0883. The Morgan fingerprint density at radius 1 is 1.33 bits per heavy atom. The quantitative estimate of drug-likeness (QED) is 0.848. The van der Waals surface area contributed by atoms with Crippen LogP contribution in [0.3, 0.4) is 0 Å². The van der Waals surface area contributed by atoms with E-state index in [1.807, 2.05) is 0 Å². The number of halogens is 2. The van der Waals surface area contributed by atoms with Gasteiger partial charge in [-0.05, 0) is 19.1 Å². The van der Waals surface area contributed by atoms with Gasteiger partial charge in [-0.3, -0.25) is 4.79 Å². The molecule has 0 unspecified atom stereocenters. The van der Waals surface area contributed by atoms with E-state index < -0.39 is 11.6 Å². The topological polar surface area (TPSA) is 34.9 Å². The molecule has 1 aromatic heterocycles. The molecular formula is C12H10F2N2OS. The van der Waals surface area contributed by atoms with Gasteiger partial charge in [0, 0.05) is 17.5 Å². The smallest absolute Gasteiger partial charge is 0.204 e. The van der Waals surface area contributed by atoms with Crippen LogP contribution >= 0.6 is 12.6 Å². The molecule has 94 valence electrons. The number of hydrogen-bond donors (Lipinski definition) is 1. The lowest BCUT2D eigenvalue weighted by Gasteiger charge is -2.12. The van der Waals surface area contributed by atoms with Crippen molar-refractivity contribution in [2.45, 2.75) is 12.7 Å². The SMILES string of the molecule is Cc1cc(=O)c(CS)nn1-c1c(F)cccc1F. The highest BCUT2D eigenvalue weighted by Gasteiger charge is 2.14. The Morgan fingerprint density at radius 2 is 1.94 bits per heavy atom. The van der Waals surface area contributed by atoms with E-state index in [0.717, 1.165) is 16.8 Å². The molecule has 0 amide bonds. The number of hydrogen-bond acceptors (Lipinski definition) is 3. The van der Waals surface area contributed by atoms with E-state index in [1.165, 1.54) is 12.1 Å². The summed E-state index contributed by atoms with van der Waals surface area (Å²) in [5.74, 6) is -1.37. The van der Waals surface area contributed by atoms with Gasteiger partial charge < -0.3 is 0 Å². The van der Waals surface area contributed by atoms with Gasteiger partial charge in [0.2, 0.25) is 5.43 Å². The molecule has 2 rings (SSSR count). The van der Waals surface area contributed by atoms with Gasteiger partial charge in [0.1, 0.15) is 11.4 Å². The van der Waals surface area contributed by atoms with Crippen molar-refractivity contribution in [3.63, 3.8) is 0 Å². The van der Waals surface area contributed by atoms with Crippen molar-refractivity contribution in [3.05, 3.63) is 57.5 Å². The Labute approximate surface area is 107 Å². The molecule has 1 heterocycles. The van der Waals surface area contributed by atoms with Crippen molar-refractivity contribution >= 4 is 12.6 Å². The van der Waals surface area contributed by atoms with Gasteiger partial charge in [-0.2, -0.15) is 17.7 Å². The fourth-order valence-electron chi connectivity index (χ4n) is 1.61. The largest absolute Gasteiger partial charge is 0.288 e. The molecule has 0 N–H and O–H groups in total. The molecule has 0 aliphatic carbocycles. The summed E-state index contributed by atoms with van der Waals surface area (Å²) in [7, 11) is 0. The maximum absolute atomic E-state index is 13.7. The summed E-state index contributed by atoms with van der Waals surface area (Å²) in [6.45, 7) is 1.56. The molecule has 0 radical (unpaired) electrons. The molecule has 6 heteroatoms. The van der Waals surface area contributed by atoms with Crippen molar-refractivity contribution in [1.29, 1.82) is 0 Å². The maximum Gasteiger partial charge on any atom is 0.204 e. The van der Waals surface area contributed by atoms with Crippen LogP contribution in [0.5, 0.6) is 0 Å². The fraction of sp³-hybridized carbons (Fsp3) is 0.167. The van der Waals surface area contributed by atoms with E-state index in [4.69, 9.17) is 0 Å². The Hall–Kier alpha value is -1.69. The normalized spacial score (nSPS) is 10.7. The molecule has 0 aliphatic heterocycles. The Kier molecular flexibility index (Phi) is 3.47. The molecule has 0 saturated heterocycles. The Morgan fingerprint density at radius 3 is 2.50 bits per heavy atom. The van der Waals surface area contributed by atoms with Gasteiger partial charge >= 0.3 is 0 Å². The van der Waals surface area contributed by atoms with E-state index >= 15 is 0 Å². The van der Waals surface area contributed by atoms with E-state index in [-0.39, 0.29) is 22.6 Å². The first kappa shape index (κ1) is 12.8. The molecule has 0 saturated carbocycles. The van der Waals surface area contributed by atoms with E-state index in [0.29, 0.717) is 5.69 Å². The van der Waals surface area contributed by atoms with E-state index in [1.54, 1.807) is 6.92 Å². The average Bonchev–Trinajstić information content (AvgIpc) is 2.31. The van der Waals surface area contributed by atoms with E-state index in [9.17, 15) is 13.6 Å². The second-order valence-corrected chi connectivity index (χ2v) is 4.05. The summed E-state index contributed by atoms with van der Waals surface area (Å²) >= 11 is 3.96. The van der Waals surface area contributed by atoms with Gasteiger partial charge in [-0.15, -0.1) is 0 Å². The number of aryl methyl sites for hydroxylation is 1. The Balaban J connectivity index is 2.75. The minimum Gasteiger partial charge on any atom is -0.288 e. The molecule has 0 spiro atoms. The number of benzene rings is 1. The highest BCUT2D eigenvalue weighted by Crippen LogP contribution is 2.17. The number of nitrogens with zero attached hydrogens (tertiary/aromatic N) is 2. The molecule has 18 heavy (non-hydrogen) atoms. The van der Waals surface area contributed by atoms with E-state index in [2.05, 4.69) is 17.7 Å². The molecular weight excluding hydrogens is 258 g/mol. The van der Waals surface area contributed by atoms with Gasteiger partial charge in [0.15, 0.2) is 11.6 Å². The third-order valence-corrected chi connectivity index (χ3v) is 2.78. The van der Waals surface area contributed by atoms with Crippen molar-refractivity contribution in [3.8, 4) is 5.69 Å². The number of thiol groups is 1. The lowest BCUT2D eigenvalue weighted by Crippen LogP contribution is -2.19. The summed E-state index contributed by atoms with van der Waals surface area (Å²) in [4.78, 5) is 11.5. The maximum atomic E-state index is 13.7. The second-order valence-electron chi connectivity index (χ2n) is 3.74. The third kappa shape index (κ3) is 2.15. The number of para-hydroxylation sites is 1. The molecule has 0 aliphatic rings. The highest BCUT2D eigenvalue weighted by molar-refractivity contribution is 7.79. The molecule has 3 nitrogen and oxygen atoms in total. The first-order valence-electron chi connectivity index (χ1n) is 5.19. The summed E-state index contributed by atoms with van der Waals surface area (Å²) in [6, 6.07) is 4.83. The molecule has 1 aromatic carbocycles. The molecule has 0 bridgehead atoms.